The quantitative estimate of drug-likeness (QED) is 0.776. The largest absolute Gasteiger partial charge is 0.314 e. The lowest BCUT2D eigenvalue weighted by Crippen LogP contribution is -2.40. The number of piperidine rings is 1. The van der Waals surface area contributed by atoms with E-state index < -0.39 is 10.0 Å². The van der Waals surface area contributed by atoms with Crippen molar-refractivity contribution in [1.29, 1.82) is 0 Å². The summed E-state index contributed by atoms with van der Waals surface area (Å²) < 4.78 is 23.6. The van der Waals surface area contributed by atoms with Gasteiger partial charge in [-0.2, -0.15) is 0 Å². The Kier molecular flexibility index (Phi) is 4.11. The Morgan fingerprint density at radius 3 is 2.71 bits per heavy atom. The van der Waals surface area contributed by atoms with Crippen molar-refractivity contribution in [2.45, 2.75) is 23.8 Å². The van der Waals surface area contributed by atoms with Gasteiger partial charge in [-0.15, -0.1) is 0 Å². The summed E-state index contributed by atoms with van der Waals surface area (Å²) >= 11 is 0. The summed E-state index contributed by atoms with van der Waals surface area (Å²) in [5.74, 6) is 0. The van der Waals surface area contributed by atoms with Crippen LogP contribution in [0.3, 0.4) is 0 Å². The van der Waals surface area contributed by atoms with E-state index in [0.717, 1.165) is 19.4 Å². The lowest BCUT2D eigenvalue weighted by molar-refractivity contribution is 0.00408. The summed E-state index contributed by atoms with van der Waals surface area (Å²) in [7, 11) is -3.56. The lowest BCUT2D eigenvalue weighted by Gasteiger charge is -2.22. The highest BCUT2D eigenvalue weighted by molar-refractivity contribution is 7.89. The fraction of sp³-hybridized carbons (Fsp3) is 0.455. The van der Waals surface area contributed by atoms with E-state index in [4.69, 9.17) is 4.84 Å². The topological polar surface area (TPSA) is 67.4 Å². The van der Waals surface area contributed by atoms with Crippen LogP contribution in [0.4, 0.5) is 0 Å². The third kappa shape index (κ3) is 3.50. The minimum Gasteiger partial charge on any atom is -0.314 e. The van der Waals surface area contributed by atoms with E-state index in [1.165, 1.54) is 12.1 Å². The molecule has 1 heterocycles. The van der Waals surface area contributed by atoms with Gasteiger partial charge in [0.2, 0.25) is 0 Å². The maximum atomic E-state index is 11.8. The first-order chi connectivity index (χ1) is 8.18. The smallest absolute Gasteiger partial charge is 0.262 e. The Morgan fingerprint density at radius 2 is 2.06 bits per heavy atom. The molecule has 1 aliphatic rings. The average Bonchev–Trinajstić information content (AvgIpc) is 2.39. The van der Waals surface area contributed by atoms with Gasteiger partial charge in [-0.3, -0.25) is 4.84 Å². The average molecular weight is 256 g/mol. The highest BCUT2D eigenvalue weighted by Gasteiger charge is 2.18. The molecule has 2 rings (SSSR count). The fourth-order valence-corrected chi connectivity index (χ4v) is 2.57. The molecule has 1 aromatic carbocycles. The maximum Gasteiger partial charge on any atom is 0.262 e. The van der Waals surface area contributed by atoms with Crippen LogP contribution in [0.5, 0.6) is 0 Å². The van der Waals surface area contributed by atoms with Gasteiger partial charge in [0.15, 0.2) is 0 Å². The van der Waals surface area contributed by atoms with Gasteiger partial charge >= 0.3 is 0 Å². The van der Waals surface area contributed by atoms with Crippen LogP contribution in [-0.2, 0) is 14.9 Å². The summed E-state index contributed by atoms with van der Waals surface area (Å²) in [4.78, 5) is 7.59. The van der Waals surface area contributed by atoms with Gasteiger partial charge in [-0.25, -0.2) is 8.42 Å². The molecule has 0 radical (unpaired) electrons. The number of benzene rings is 1. The van der Waals surface area contributed by atoms with Gasteiger partial charge in [0.25, 0.3) is 10.0 Å². The Hall–Kier alpha value is -0.950. The Bertz CT molecular complexity index is 441. The predicted molar refractivity (Wildman–Crippen MR) is 63.7 cm³/mol. The molecule has 0 saturated carbocycles. The van der Waals surface area contributed by atoms with E-state index in [1.54, 1.807) is 18.2 Å². The molecule has 2 N–H and O–H groups in total. The molecule has 5 nitrogen and oxygen atoms in total. The SMILES string of the molecule is O=S(=O)(NOC1CCCNC1)c1ccccc1. The van der Waals surface area contributed by atoms with Crippen molar-refractivity contribution in [3.05, 3.63) is 30.3 Å². The monoisotopic (exact) mass is 256 g/mol. The number of hydrogen-bond acceptors (Lipinski definition) is 4. The van der Waals surface area contributed by atoms with E-state index in [2.05, 4.69) is 10.2 Å². The first kappa shape index (κ1) is 12.5. The number of rotatable bonds is 4. The molecule has 17 heavy (non-hydrogen) atoms. The highest BCUT2D eigenvalue weighted by atomic mass is 32.2. The zero-order valence-electron chi connectivity index (χ0n) is 9.43. The van der Waals surface area contributed by atoms with Crippen LogP contribution >= 0.6 is 0 Å². The molecule has 94 valence electrons. The van der Waals surface area contributed by atoms with Gasteiger partial charge in [-0.05, 0) is 31.5 Å². The van der Waals surface area contributed by atoms with E-state index in [1.807, 2.05) is 0 Å². The number of hydrogen-bond donors (Lipinski definition) is 2. The van der Waals surface area contributed by atoms with Gasteiger partial charge < -0.3 is 5.32 Å². The molecule has 1 aliphatic heterocycles. The number of sulfonamides is 1. The first-order valence-electron chi connectivity index (χ1n) is 5.62. The summed E-state index contributed by atoms with van der Waals surface area (Å²) in [6, 6.07) is 8.19. The minimum absolute atomic E-state index is 0.0952. The predicted octanol–water partition coefficient (Wildman–Crippen LogP) is 0.648. The molecule has 1 unspecified atom stereocenters. The zero-order valence-corrected chi connectivity index (χ0v) is 10.2. The normalized spacial score (nSPS) is 21.3. The second-order valence-corrected chi connectivity index (χ2v) is 5.63. The van der Waals surface area contributed by atoms with Crippen LogP contribution in [0.1, 0.15) is 12.8 Å². The molecule has 0 spiro atoms. The fourth-order valence-electron chi connectivity index (χ4n) is 1.70. The van der Waals surface area contributed by atoms with Crippen molar-refractivity contribution in [3.8, 4) is 0 Å². The first-order valence-corrected chi connectivity index (χ1v) is 7.10. The van der Waals surface area contributed by atoms with Crippen molar-refractivity contribution in [2.75, 3.05) is 13.1 Å². The maximum absolute atomic E-state index is 11.8. The van der Waals surface area contributed by atoms with Crippen LogP contribution in [0.25, 0.3) is 0 Å². The third-order valence-electron chi connectivity index (χ3n) is 2.63. The molecular weight excluding hydrogens is 240 g/mol. The molecular formula is C11H16N2O3S. The van der Waals surface area contributed by atoms with Gasteiger partial charge in [0.1, 0.15) is 0 Å². The van der Waals surface area contributed by atoms with Crippen molar-refractivity contribution in [3.63, 3.8) is 0 Å². The van der Waals surface area contributed by atoms with E-state index in [9.17, 15) is 8.42 Å². The second kappa shape index (κ2) is 5.59. The van der Waals surface area contributed by atoms with Crippen LogP contribution in [0.2, 0.25) is 0 Å². The molecule has 1 saturated heterocycles. The van der Waals surface area contributed by atoms with Gasteiger partial charge in [0.05, 0.1) is 11.0 Å². The van der Waals surface area contributed by atoms with E-state index in [0.29, 0.717) is 6.54 Å². The number of nitrogens with one attached hydrogen (secondary N) is 2. The molecule has 0 amide bonds. The zero-order chi connectivity index (χ0) is 12.1. The molecule has 1 aromatic rings. The van der Waals surface area contributed by atoms with Crippen molar-refractivity contribution in [2.24, 2.45) is 0 Å². The molecule has 1 atom stereocenters. The molecule has 1 fully saturated rings. The standard InChI is InChI=1S/C11H16N2O3S/c14-17(15,11-6-2-1-3-7-11)13-16-10-5-4-8-12-9-10/h1-3,6-7,10,12-13H,4-5,8-9H2. The van der Waals surface area contributed by atoms with Crippen molar-refractivity contribution in [1.82, 2.24) is 10.2 Å². The summed E-state index contributed by atoms with van der Waals surface area (Å²) in [5, 5.41) is 3.15. The van der Waals surface area contributed by atoms with Crippen LogP contribution in [0.15, 0.2) is 35.2 Å². The lowest BCUT2D eigenvalue weighted by atomic mass is 10.1. The highest BCUT2D eigenvalue weighted by Crippen LogP contribution is 2.09. The summed E-state index contributed by atoms with van der Waals surface area (Å²) in [5.41, 5.74) is 0. The van der Waals surface area contributed by atoms with Crippen molar-refractivity contribution < 1.29 is 13.3 Å². The summed E-state index contributed by atoms with van der Waals surface area (Å²) in [6.45, 7) is 1.64. The third-order valence-corrected chi connectivity index (χ3v) is 3.84. The molecule has 6 heteroatoms. The Morgan fingerprint density at radius 1 is 1.29 bits per heavy atom. The van der Waals surface area contributed by atoms with E-state index in [-0.39, 0.29) is 11.0 Å². The molecule has 0 aliphatic carbocycles. The molecule has 0 bridgehead atoms. The van der Waals surface area contributed by atoms with Crippen LogP contribution in [-0.4, -0.2) is 27.6 Å². The van der Waals surface area contributed by atoms with Crippen LogP contribution in [0, 0.1) is 0 Å². The Labute approximate surface area is 101 Å². The van der Waals surface area contributed by atoms with Crippen molar-refractivity contribution >= 4 is 10.0 Å². The van der Waals surface area contributed by atoms with Crippen LogP contribution < -0.4 is 10.2 Å². The summed E-state index contributed by atoms with van der Waals surface area (Å²) in [6.07, 6.45) is 1.77. The Balaban J connectivity index is 1.94. The second-order valence-electron chi connectivity index (χ2n) is 3.99. The molecule has 0 aromatic heterocycles. The van der Waals surface area contributed by atoms with Gasteiger partial charge in [0, 0.05) is 6.54 Å². The van der Waals surface area contributed by atoms with Gasteiger partial charge in [-0.1, -0.05) is 23.1 Å². The minimum atomic E-state index is -3.56. The van der Waals surface area contributed by atoms with E-state index >= 15 is 0 Å².